The van der Waals surface area contributed by atoms with Crippen molar-refractivity contribution in [3.63, 3.8) is 0 Å². The van der Waals surface area contributed by atoms with Crippen molar-refractivity contribution in [1.29, 1.82) is 0 Å². The van der Waals surface area contributed by atoms with Crippen LogP contribution in [0.2, 0.25) is 0 Å². The lowest BCUT2D eigenvalue weighted by molar-refractivity contribution is -0.116. The van der Waals surface area contributed by atoms with E-state index in [1.54, 1.807) is 6.92 Å². The second-order valence-corrected chi connectivity index (χ2v) is 5.44. The minimum atomic E-state index is 0.143. The van der Waals surface area contributed by atoms with Gasteiger partial charge in [-0.1, -0.05) is 6.42 Å². The van der Waals surface area contributed by atoms with E-state index in [-0.39, 0.29) is 5.91 Å². The van der Waals surface area contributed by atoms with Crippen molar-refractivity contribution < 1.29 is 4.79 Å². The number of nitrogens with one attached hydrogen (secondary N) is 1. The lowest BCUT2D eigenvalue weighted by Gasteiger charge is -2.26. The molecule has 1 fully saturated rings. The van der Waals surface area contributed by atoms with Crippen LogP contribution >= 0.6 is 0 Å². The number of hydrogen-bond acceptors (Lipinski definition) is 2. The average Bonchev–Trinajstić information content (AvgIpc) is 2.69. The van der Waals surface area contributed by atoms with E-state index >= 15 is 0 Å². The molecule has 3 heteroatoms. The van der Waals surface area contributed by atoms with E-state index in [1.807, 2.05) is 4.90 Å². The van der Waals surface area contributed by atoms with Crippen LogP contribution in [-0.2, 0) is 11.2 Å². The van der Waals surface area contributed by atoms with Crippen LogP contribution in [0, 0.1) is 5.92 Å². The molecule has 96 valence electrons. The summed E-state index contributed by atoms with van der Waals surface area (Å²) in [6, 6.07) is 6.38. The van der Waals surface area contributed by atoms with E-state index in [0.29, 0.717) is 0 Å². The normalized spacial score (nSPS) is 18.4. The van der Waals surface area contributed by atoms with E-state index in [0.717, 1.165) is 31.1 Å². The summed E-state index contributed by atoms with van der Waals surface area (Å²) in [5.74, 6) is 1.01. The van der Waals surface area contributed by atoms with Gasteiger partial charge >= 0.3 is 0 Å². The Morgan fingerprint density at radius 1 is 1.44 bits per heavy atom. The molecule has 2 aliphatic rings. The van der Waals surface area contributed by atoms with E-state index in [9.17, 15) is 4.79 Å². The lowest BCUT2D eigenvalue weighted by Crippen LogP contribution is -2.25. The Morgan fingerprint density at radius 2 is 2.28 bits per heavy atom. The number of carbonyl (C=O) groups excluding carboxylic acids is 1. The zero-order valence-corrected chi connectivity index (χ0v) is 10.9. The molecule has 0 spiro atoms. The standard InChI is InChI=1S/C15H20N2O/c1-11(18)17-8-7-13-9-14(5-6-15(13)17)16-10-12-3-2-4-12/h5-6,9,12,16H,2-4,7-8,10H2,1H3. The molecule has 18 heavy (non-hydrogen) atoms. The first-order valence-electron chi connectivity index (χ1n) is 6.89. The fourth-order valence-corrected chi connectivity index (χ4v) is 2.80. The zero-order valence-electron chi connectivity index (χ0n) is 10.9. The Kier molecular flexibility index (Phi) is 2.98. The summed E-state index contributed by atoms with van der Waals surface area (Å²) >= 11 is 0. The molecule has 1 N–H and O–H groups in total. The molecule has 1 heterocycles. The van der Waals surface area contributed by atoms with Crippen LogP contribution in [0.25, 0.3) is 0 Å². The van der Waals surface area contributed by atoms with Gasteiger partial charge in [0, 0.05) is 31.4 Å². The van der Waals surface area contributed by atoms with Crippen LogP contribution in [0.4, 0.5) is 11.4 Å². The lowest BCUT2D eigenvalue weighted by atomic mass is 9.85. The Hall–Kier alpha value is -1.51. The quantitative estimate of drug-likeness (QED) is 0.886. The number of nitrogens with zero attached hydrogens (tertiary/aromatic N) is 1. The summed E-state index contributed by atoms with van der Waals surface area (Å²) in [6.07, 6.45) is 5.12. The maximum atomic E-state index is 11.5. The van der Waals surface area contributed by atoms with Gasteiger partial charge in [0.2, 0.25) is 5.91 Å². The van der Waals surface area contributed by atoms with Crippen molar-refractivity contribution in [1.82, 2.24) is 0 Å². The number of anilines is 2. The summed E-state index contributed by atoms with van der Waals surface area (Å²) in [4.78, 5) is 13.3. The van der Waals surface area contributed by atoms with Gasteiger partial charge in [-0.05, 0) is 48.9 Å². The second kappa shape index (κ2) is 4.63. The molecule has 3 nitrogen and oxygen atoms in total. The van der Waals surface area contributed by atoms with Crippen molar-refractivity contribution >= 4 is 17.3 Å². The molecule has 1 aliphatic heterocycles. The van der Waals surface area contributed by atoms with Crippen molar-refractivity contribution in [2.45, 2.75) is 32.6 Å². The van der Waals surface area contributed by atoms with Crippen LogP contribution in [-0.4, -0.2) is 19.0 Å². The predicted octanol–water partition coefficient (Wildman–Crippen LogP) is 2.81. The average molecular weight is 244 g/mol. The minimum absolute atomic E-state index is 0.143. The van der Waals surface area contributed by atoms with Crippen LogP contribution in [0.15, 0.2) is 18.2 Å². The molecule has 1 aliphatic carbocycles. The first-order chi connectivity index (χ1) is 8.74. The first-order valence-corrected chi connectivity index (χ1v) is 6.89. The topological polar surface area (TPSA) is 32.3 Å². The first kappa shape index (κ1) is 11.6. The predicted molar refractivity (Wildman–Crippen MR) is 74.0 cm³/mol. The van der Waals surface area contributed by atoms with Crippen molar-refractivity contribution in [2.75, 3.05) is 23.3 Å². The smallest absolute Gasteiger partial charge is 0.223 e. The summed E-state index contributed by atoms with van der Waals surface area (Å²) in [6.45, 7) is 3.56. The highest BCUT2D eigenvalue weighted by Gasteiger charge is 2.22. The molecule has 1 aromatic carbocycles. The summed E-state index contributed by atoms with van der Waals surface area (Å²) in [5.41, 5.74) is 3.59. The molecule has 0 saturated heterocycles. The molecule has 0 atom stereocenters. The van der Waals surface area contributed by atoms with Gasteiger partial charge < -0.3 is 10.2 Å². The summed E-state index contributed by atoms with van der Waals surface area (Å²) in [5, 5.41) is 3.52. The molecule has 1 saturated carbocycles. The highest BCUT2D eigenvalue weighted by molar-refractivity contribution is 5.94. The van der Waals surface area contributed by atoms with E-state index in [1.165, 1.54) is 30.5 Å². The number of fused-ring (bicyclic) bond motifs is 1. The van der Waals surface area contributed by atoms with Crippen LogP contribution in [0.3, 0.4) is 0 Å². The van der Waals surface area contributed by atoms with Gasteiger partial charge in [-0.2, -0.15) is 0 Å². The largest absolute Gasteiger partial charge is 0.385 e. The van der Waals surface area contributed by atoms with E-state index in [2.05, 4.69) is 23.5 Å². The third-order valence-corrected chi connectivity index (χ3v) is 4.17. The molecule has 3 rings (SSSR count). The molecule has 0 aromatic heterocycles. The molecule has 0 unspecified atom stereocenters. The van der Waals surface area contributed by atoms with Gasteiger partial charge in [0.25, 0.3) is 0 Å². The molecular weight excluding hydrogens is 224 g/mol. The number of rotatable bonds is 3. The summed E-state index contributed by atoms with van der Waals surface area (Å²) < 4.78 is 0. The highest BCUT2D eigenvalue weighted by atomic mass is 16.2. The van der Waals surface area contributed by atoms with Crippen molar-refractivity contribution in [3.05, 3.63) is 23.8 Å². The number of carbonyl (C=O) groups is 1. The second-order valence-electron chi connectivity index (χ2n) is 5.44. The van der Waals surface area contributed by atoms with Crippen LogP contribution < -0.4 is 10.2 Å². The van der Waals surface area contributed by atoms with Gasteiger partial charge in [0.05, 0.1) is 0 Å². The third kappa shape index (κ3) is 2.09. The van der Waals surface area contributed by atoms with Gasteiger partial charge in [-0.25, -0.2) is 0 Å². The van der Waals surface area contributed by atoms with Crippen LogP contribution in [0.5, 0.6) is 0 Å². The number of benzene rings is 1. The van der Waals surface area contributed by atoms with Gasteiger partial charge in [0.1, 0.15) is 0 Å². The monoisotopic (exact) mass is 244 g/mol. The minimum Gasteiger partial charge on any atom is -0.385 e. The van der Waals surface area contributed by atoms with Crippen molar-refractivity contribution in [3.8, 4) is 0 Å². The maximum absolute atomic E-state index is 11.5. The van der Waals surface area contributed by atoms with Gasteiger partial charge in [0.15, 0.2) is 0 Å². The fraction of sp³-hybridized carbons (Fsp3) is 0.533. The molecular formula is C15H20N2O. The fourth-order valence-electron chi connectivity index (χ4n) is 2.80. The molecule has 1 amide bonds. The Bertz CT molecular complexity index is 466. The molecule has 0 radical (unpaired) electrons. The van der Waals surface area contributed by atoms with Crippen molar-refractivity contribution in [2.24, 2.45) is 5.92 Å². The maximum Gasteiger partial charge on any atom is 0.223 e. The van der Waals surface area contributed by atoms with E-state index < -0.39 is 0 Å². The Labute approximate surface area is 108 Å². The SMILES string of the molecule is CC(=O)N1CCc2cc(NCC3CCC3)ccc21. The number of amides is 1. The van der Waals surface area contributed by atoms with Gasteiger partial charge in [-0.15, -0.1) is 0 Å². The van der Waals surface area contributed by atoms with Crippen LogP contribution in [0.1, 0.15) is 31.7 Å². The third-order valence-electron chi connectivity index (χ3n) is 4.17. The van der Waals surface area contributed by atoms with Gasteiger partial charge in [-0.3, -0.25) is 4.79 Å². The highest BCUT2D eigenvalue weighted by Crippen LogP contribution is 2.31. The molecule has 0 bridgehead atoms. The Morgan fingerprint density at radius 3 is 2.94 bits per heavy atom. The molecule has 1 aromatic rings. The summed E-state index contributed by atoms with van der Waals surface area (Å²) in [7, 11) is 0. The van der Waals surface area contributed by atoms with E-state index in [4.69, 9.17) is 0 Å². The number of hydrogen-bond donors (Lipinski definition) is 1. The zero-order chi connectivity index (χ0) is 12.5. The Balaban J connectivity index is 1.69.